The molecule has 0 aliphatic heterocycles. The van der Waals surface area contributed by atoms with Gasteiger partial charge in [0, 0.05) is 0 Å². The van der Waals surface area contributed by atoms with E-state index in [9.17, 15) is 19.8 Å². The third kappa shape index (κ3) is 15.7. The Bertz CT molecular complexity index is 136. The first-order valence-electron chi connectivity index (χ1n) is 1.93. The first kappa shape index (κ1) is 12.0. The van der Waals surface area contributed by atoms with Crippen LogP contribution < -0.4 is 10.2 Å². The van der Waals surface area contributed by atoms with Crippen molar-refractivity contribution < 1.29 is 22.9 Å². The Hall–Kier alpha value is -0.721. The van der Waals surface area contributed by atoms with Gasteiger partial charge in [0.05, 0.1) is 11.9 Å². The van der Waals surface area contributed by atoms with Crippen LogP contribution in [0.5, 0.6) is 0 Å². The van der Waals surface area contributed by atoms with Crippen LogP contribution in [0, 0.1) is 0 Å². The third-order valence-electron chi connectivity index (χ3n) is 0.355. The molecule has 0 aromatic rings. The summed E-state index contributed by atoms with van der Waals surface area (Å²) >= 11 is 0.300. The molecule has 0 unspecified atom stereocenters. The van der Waals surface area contributed by atoms with E-state index in [2.05, 4.69) is 0 Å². The van der Waals surface area contributed by atoms with Gasteiger partial charge in [0.2, 0.25) is 0 Å². The van der Waals surface area contributed by atoms with Crippen LogP contribution >= 0.6 is 0 Å². The number of rotatable bonds is 2. The molecular weight excluding hydrogens is 247 g/mol. The molecular formula is C4H2O5Sn. The number of carbonyl (C=O) groups is 2. The van der Waals surface area contributed by atoms with E-state index in [-0.39, 0.29) is 0 Å². The topological polar surface area (TPSA) is 97.3 Å². The Morgan fingerprint density at radius 3 is 1.30 bits per heavy atom. The summed E-state index contributed by atoms with van der Waals surface area (Å²) in [6.45, 7) is 0. The summed E-state index contributed by atoms with van der Waals surface area (Å²) in [5.41, 5.74) is 0. The van der Waals surface area contributed by atoms with E-state index in [0.717, 1.165) is 0 Å². The molecule has 52 valence electrons. The second-order valence-electron chi connectivity index (χ2n) is 0.971. The second-order valence-corrected chi connectivity index (χ2v) is 0.971. The predicted molar refractivity (Wildman–Crippen MR) is 25.6 cm³/mol. The molecule has 5 nitrogen and oxygen atoms in total. The van der Waals surface area contributed by atoms with E-state index < -0.39 is 11.9 Å². The first-order valence-corrected chi connectivity index (χ1v) is 3.10. The molecule has 0 radical (unpaired) electrons. The number of hydrogen-bond acceptors (Lipinski definition) is 5. The van der Waals surface area contributed by atoms with Gasteiger partial charge >= 0.3 is 25.6 Å². The molecule has 0 saturated heterocycles. The van der Waals surface area contributed by atoms with Crippen molar-refractivity contribution in [3.63, 3.8) is 0 Å². The van der Waals surface area contributed by atoms with Gasteiger partial charge in [-0.05, 0) is 12.2 Å². The van der Waals surface area contributed by atoms with Gasteiger partial charge in [-0.15, -0.1) is 0 Å². The van der Waals surface area contributed by atoms with Crippen LogP contribution in [0.3, 0.4) is 0 Å². The fourth-order valence-electron chi connectivity index (χ4n) is 0.136. The predicted octanol–water partition coefficient (Wildman–Crippen LogP) is -3.46. The second kappa shape index (κ2) is 8.28. The Morgan fingerprint density at radius 1 is 1.00 bits per heavy atom. The molecule has 0 bridgehead atoms. The summed E-state index contributed by atoms with van der Waals surface area (Å²) in [7, 11) is 0. The molecule has 0 aliphatic rings. The van der Waals surface area contributed by atoms with Crippen molar-refractivity contribution in [2.75, 3.05) is 0 Å². The van der Waals surface area contributed by atoms with Crippen molar-refractivity contribution in [3.05, 3.63) is 12.2 Å². The molecule has 6 heteroatoms. The van der Waals surface area contributed by atoms with Gasteiger partial charge in [0.25, 0.3) is 0 Å². The number of aliphatic carboxylic acids is 2. The normalized spacial score (nSPS) is 8.20. The van der Waals surface area contributed by atoms with Crippen LogP contribution in [0.1, 0.15) is 0 Å². The van der Waals surface area contributed by atoms with Crippen LogP contribution in [-0.2, 0) is 12.7 Å². The molecule has 0 N–H and O–H groups in total. The van der Waals surface area contributed by atoms with Crippen molar-refractivity contribution >= 4 is 34.4 Å². The van der Waals surface area contributed by atoms with Crippen LogP contribution in [0.25, 0.3) is 0 Å². The van der Waals surface area contributed by atoms with E-state index >= 15 is 0 Å². The van der Waals surface area contributed by atoms with Crippen molar-refractivity contribution in [1.82, 2.24) is 0 Å². The minimum absolute atomic E-state index is 0.300. The fraction of sp³-hybridized carbons (Fsp3) is 0. The van der Waals surface area contributed by atoms with Crippen molar-refractivity contribution in [2.45, 2.75) is 0 Å². The fourth-order valence-corrected chi connectivity index (χ4v) is 0.136. The van der Waals surface area contributed by atoms with Gasteiger partial charge in [-0.1, -0.05) is 0 Å². The average Bonchev–Trinajstić information content (AvgIpc) is 1.89. The molecule has 0 aromatic carbocycles. The van der Waals surface area contributed by atoms with E-state index in [1.807, 2.05) is 0 Å². The number of carbonyl (C=O) groups excluding carboxylic acids is 2. The Kier molecular flexibility index (Phi) is 9.94. The van der Waals surface area contributed by atoms with E-state index in [4.69, 9.17) is 3.08 Å². The Morgan fingerprint density at radius 2 is 1.20 bits per heavy atom. The minimum atomic E-state index is -1.55. The standard InChI is InChI=1S/C4H4O4.O.Sn/c5-3(6)1-2-4(7)8;;/h1-2H,(H,5,6)(H,7,8);;/q;;+2/p-2/b2-1-;;. The molecule has 0 aromatic heterocycles. The summed E-state index contributed by atoms with van der Waals surface area (Å²) in [6, 6.07) is 0. The number of hydrogen-bond donors (Lipinski definition) is 0. The Balaban J connectivity index is 0. The number of carboxylic acid groups (broad SMARTS) is 2. The van der Waals surface area contributed by atoms with Gasteiger partial charge in [0.15, 0.2) is 0 Å². The SMILES string of the molecule is O=C([O-])/C=C\C(=O)[O-].[O]=[Sn+2]. The summed E-state index contributed by atoms with van der Waals surface area (Å²) in [5.74, 6) is -3.09. The molecule has 0 saturated carbocycles. The van der Waals surface area contributed by atoms with E-state index in [1.54, 1.807) is 0 Å². The van der Waals surface area contributed by atoms with Gasteiger partial charge < -0.3 is 19.8 Å². The molecule has 0 aliphatic carbocycles. The zero-order chi connectivity index (χ0) is 8.57. The molecule has 0 spiro atoms. The summed E-state index contributed by atoms with van der Waals surface area (Å²) in [5, 5.41) is 18.8. The van der Waals surface area contributed by atoms with Gasteiger partial charge in [-0.2, -0.15) is 0 Å². The average molecular weight is 249 g/mol. The summed E-state index contributed by atoms with van der Waals surface area (Å²) in [6.07, 6.45) is 0.769. The molecule has 0 atom stereocenters. The van der Waals surface area contributed by atoms with Gasteiger partial charge in [-0.3, -0.25) is 0 Å². The van der Waals surface area contributed by atoms with Gasteiger partial charge in [0.1, 0.15) is 0 Å². The van der Waals surface area contributed by atoms with Crippen LogP contribution in [0.15, 0.2) is 12.2 Å². The van der Waals surface area contributed by atoms with Crippen LogP contribution in [0.4, 0.5) is 0 Å². The van der Waals surface area contributed by atoms with Gasteiger partial charge in [-0.25, -0.2) is 0 Å². The van der Waals surface area contributed by atoms with Crippen molar-refractivity contribution in [1.29, 1.82) is 0 Å². The zero-order valence-corrected chi connectivity index (χ0v) is 7.55. The Labute approximate surface area is 69.8 Å². The maximum absolute atomic E-state index is 9.41. The monoisotopic (exact) mass is 250 g/mol. The summed E-state index contributed by atoms with van der Waals surface area (Å²) < 4.78 is 8.34. The van der Waals surface area contributed by atoms with Crippen molar-refractivity contribution in [3.8, 4) is 0 Å². The van der Waals surface area contributed by atoms with Crippen LogP contribution in [0.2, 0.25) is 0 Å². The van der Waals surface area contributed by atoms with Crippen molar-refractivity contribution in [2.24, 2.45) is 0 Å². The first-order chi connectivity index (χ1) is 4.63. The third-order valence-corrected chi connectivity index (χ3v) is 0.355. The van der Waals surface area contributed by atoms with Crippen LogP contribution in [-0.4, -0.2) is 34.4 Å². The van der Waals surface area contributed by atoms with E-state index in [0.29, 0.717) is 34.7 Å². The van der Waals surface area contributed by atoms with E-state index in [1.165, 1.54) is 0 Å². The number of carboxylic acids is 2. The zero-order valence-electron chi connectivity index (χ0n) is 4.70. The maximum atomic E-state index is 9.41. The molecule has 10 heavy (non-hydrogen) atoms. The quantitative estimate of drug-likeness (QED) is 0.374. The molecule has 0 fully saturated rings. The summed E-state index contributed by atoms with van der Waals surface area (Å²) in [4.78, 5) is 18.8. The molecule has 0 amide bonds. The molecule has 0 heterocycles. The molecule has 0 rings (SSSR count).